The lowest BCUT2D eigenvalue weighted by atomic mass is 10.1. The summed E-state index contributed by atoms with van der Waals surface area (Å²) in [7, 11) is 0. The third kappa shape index (κ3) is 5.37. The molecule has 0 spiro atoms. The monoisotopic (exact) mass is 480 g/mol. The van der Waals surface area contributed by atoms with Crippen LogP contribution < -0.4 is 15.5 Å². The summed E-state index contributed by atoms with van der Waals surface area (Å²) in [6.45, 7) is 2.20. The summed E-state index contributed by atoms with van der Waals surface area (Å²) in [5, 5.41) is 5.43. The molecule has 1 heterocycles. The van der Waals surface area contributed by atoms with Gasteiger partial charge in [0.1, 0.15) is 11.6 Å². The molecular formula is C25H22F2N4O2S. The first-order valence-corrected chi connectivity index (χ1v) is 11.1. The predicted molar refractivity (Wildman–Crippen MR) is 131 cm³/mol. The lowest BCUT2D eigenvalue weighted by Crippen LogP contribution is -2.49. The van der Waals surface area contributed by atoms with E-state index in [1.807, 2.05) is 24.3 Å². The van der Waals surface area contributed by atoms with E-state index < -0.39 is 17.5 Å². The maximum Gasteiger partial charge on any atom is 0.260 e. The van der Waals surface area contributed by atoms with Gasteiger partial charge in [-0.25, -0.2) is 8.78 Å². The number of carbonyl (C=O) groups excluding carboxylic acids is 2. The molecule has 1 fully saturated rings. The fourth-order valence-corrected chi connectivity index (χ4v) is 3.92. The van der Waals surface area contributed by atoms with Crippen LogP contribution >= 0.6 is 12.2 Å². The Labute approximate surface area is 201 Å². The molecule has 4 rings (SSSR count). The third-order valence-corrected chi connectivity index (χ3v) is 5.71. The molecule has 3 aromatic rings. The highest BCUT2D eigenvalue weighted by Crippen LogP contribution is 2.21. The summed E-state index contributed by atoms with van der Waals surface area (Å²) in [4.78, 5) is 28.6. The standard InChI is InChI=1S/C25H22F2N4O2S/c26-21-7-3-1-5-19(21)23(32)29-25(34)28-17-9-11-18(12-10-17)30-13-15-31(16-14-30)24(33)20-6-2-4-8-22(20)27/h1-12H,13-16H2,(H2,28,29,32,34). The molecule has 2 amide bonds. The number of anilines is 2. The lowest BCUT2D eigenvalue weighted by Gasteiger charge is -2.36. The summed E-state index contributed by atoms with van der Waals surface area (Å²) in [6.07, 6.45) is 0. The van der Waals surface area contributed by atoms with Gasteiger partial charge in [-0.2, -0.15) is 0 Å². The number of nitrogens with zero attached hydrogens (tertiary/aromatic N) is 2. The van der Waals surface area contributed by atoms with Crippen molar-refractivity contribution in [1.82, 2.24) is 10.2 Å². The summed E-state index contributed by atoms with van der Waals surface area (Å²) in [5.74, 6) is -2.07. The molecule has 1 aliphatic rings. The van der Waals surface area contributed by atoms with E-state index in [2.05, 4.69) is 15.5 Å². The Morgan fingerprint density at radius 3 is 1.91 bits per heavy atom. The molecule has 1 saturated heterocycles. The molecule has 0 aliphatic carbocycles. The Morgan fingerprint density at radius 2 is 1.32 bits per heavy atom. The van der Waals surface area contributed by atoms with Crippen LogP contribution in [0.2, 0.25) is 0 Å². The SMILES string of the molecule is O=C(NC(=S)Nc1ccc(N2CCN(C(=O)c3ccccc3F)CC2)cc1)c1ccccc1F. The van der Waals surface area contributed by atoms with Gasteiger partial charge in [0, 0.05) is 37.6 Å². The minimum Gasteiger partial charge on any atom is -0.368 e. The maximum atomic E-state index is 13.9. The lowest BCUT2D eigenvalue weighted by molar-refractivity contribution is 0.0742. The van der Waals surface area contributed by atoms with E-state index in [0.29, 0.717) is 31.9 Å². The third-order valence-electron chi connectivity index (χ3n) is 5.51. The molecule has 0 unspecified atom stereocenters. The van der Waals surface area contributed by atoms with Crippen molar-refractivity contribution in [3.05, 3.63) is 95.6 Å². The van der Waals surface area contributed by atoms with Crippen molar-refractivity contribution in [3.63, 3.8) is 0 Å². The number of piperazine rings is 1. The molecule has 34 heavy (non-hydrogen) atoms. The normalized spacial score (nSPS) is 13.4. The largest absolute Gasteiger partial charge is 0.368 e. The number of halogens is 2. The number of benzene rings is 3. The second-order valence-corrected chi connectivity index (χ2v) is 8.10. The van der Waals surface area contributed by atoms with Gasteiger partial charge in [0.2, 0.25) is 0 Å². The van der Waals surface area contributed by atoms with Crippen molar-refractivity contribution in [2.45, 2.75) is 0 Å². The molecule has 3 aromatic carbocycles. The average Bonchev–Trinajstić information content (AvgIpc) is 2.85. The Balaban J connectivity index is 1.30. The molecule has 0 saturated carbocycles. The van der Waals surface area contributed by atoms with Crippen LogP contribution in [-0.4, -0.2) is 48.0 Å². The predicted octanol–water partition coefficient (Wildman–Crippen LogP) is 4.05. The van der Waals surface area contributed by atoms with Crippen molar-refractivity contribution < 1.29 is 18.4 Å². The van der Waals surface area contributed by atoms with E-state index in [-0.39, 0.29) is 22.1 Å². The Morgan fingerprint density at radius 1 is 0.765 bits per heavy atom. The molecular weight excluding hydrogens is 458 g/mol. The first-order valence-electron chi connectivity index (χ1n) is 10.7. The molecule has 174 valence electrons. The van der Waals surface area contributed by atoms with Gasteiger partial charge in [0.05, 0.1) is 11.1 Å². The van der Waals surface area contributed by atoms with E-state index in [1.165, 1.54) is 30.3 Å². The number of thiocarbonyl (C=S) groups is 1. The van der Waals surface area contributed by atoms with E-state index >= 15 is 0 Å². The van der Waals surface area contributed by atoms with Crippen LogP contribution in [0.15, 0.2) is 72.8 Å². The van der Waals surface area contributed by atoms with Crippen molar-refractivity contribution in [1.29, 1.82) is 0 Å². The number of hydrogen-bond acceptors (Lipinski definition) is 4. The van der Waals surface area contributed by atoms with Crippen LogP contribution in [0.25, 0.3) is 0 Å². The van der Waals surface area contributed by atoms with Crippen LogP contribution in [0.3, 0.4) is 0 Å². The first kappa shape index (κ1) is 23.3. The Hall–Kier alpha value is -3.85. The number of amides is 2. The van der Waals surface area contributed by atoms with Crippen molar-refractivity contribution in [2.24, 2.45) is 0 Å². The van der Waals surface area contributed by atoms with Crippen molar-refractivity contribution in [3.8, 4) is 0 Å². The minimum atomic E-state index is -0.630. The van der Waals surface area contributed by atoms with Crippen LogP contribution in [0.1, 0.15) is 20.7 Å². The molecule has 0 atom stereocenters. The Bertz CT molecular complexity index is 1210. The van der Waals surface area contributed by atoms with Crippen LogP contribution in [0.5, 0.6) is 0 Å². The molecule has 0 radical (unpaired) electrons. The van der Waals surface area contributed by atoms with Crippen molar-refractivity contribution in [2.75, 3.05) is 36.4 Å². The van der Waals surface area contributed by atoms with E-state index in [9.17, 15) is 18.4 Å². The van der Waals surface area contributed by atoms with Crippen LogP contribution in [-0.2, 0) is 0 Å². The topological polar surface area (TPSA) is 64.7 Å². The fraction of sp³-hybridized carbons (Fsp3) is 0.160. The van der Waals surface area contributed by atoms with Gasteiger partial charge in [-0.15, -0.1) is 0 Å². The highest BCUT2D eigenvalue weighted by molar-refractivity contribution is 7.80. The van der Waals surface area contributed by atoms with Gasteiger partial charge in [0.25, 0.3) is 11.8 Å². The molecule has 1 aliphatic heterocycles. The van der Waals surface area contributed by atoms with E-state index in [4.69, 9.17) is 12.2 Å². The summed E-state index contributed by atoms with van der Waals surface area (Å²) < 4.78 is 27.7. The summed E-state index contributed by atoms with van der Waals surface area (Å²) >= 11 is 5.16. The smallest absolute Gasteiger partial charge is 0.260 e. The fourth-order valence-electron chi connectivity index (χ4n) is 3.71. The zero-order chi connectivity index (χ0) is 24.1. The van der Waals surface area contributed by atoms with Crippen molar-refractivity contribution >= 4 is 40.5 Å². The van der Waals surface area contributed by atoms with Gasteiger partial charge in [-0.1, -0.05) is 24.3 Å². The van der Waals surface area contributed by atoms with Gasteiger partial charge in [-0.05, 0) is 60.7 Å². The number of rotatable bonds is 4. The molecule has 2 N–H and O–H groups in total. The maximum absolute atomic E-state index is 13.9. The highest BCUT2D eigenvalue weighted by atomic mass is 32.1. The van der Waals surface area contributed by atoms with E-state index in [1.54, 1.807) is 23.1 Å². The summed E-state index contributed by atoms with van der Waals surface area (Å²) in [6, 6.07) is 19.1. The average molecular weight is 481 g/mol. The number of hydrogen-bond donors (Lipinski definition) is 2. The molecule has 9 heteroatoms. The molecule has 6 nitrogen and oxygen atoms in total. The van der Waals surface area contributed by atoms with Gasteiger partial charge in [0.15, 0.2) is 5.11 Å². The first-order chi connectivity index (χ1) is 16.4. The van der Waals surface area contributed by atoms with E-state index in [0.717, 1.165) is 5.69 Å². The van der Waals surface area contributed by atoms with Crippen LogP contribution in [0, 0.1) is 11.6 Å². The zero-order valence-electron chi connectivity index (χ0n) is 18.1. The van der Waals surface area contributed by atoms with Gasteiger partial charge < -0.3 is 15.1 Å². The molecule has 0 aromatic heterocycles. The van der Waals surface area contributed by atoms with Gasteiger partial charge >= 0.3 is 0 Å². The second kappa shape index (κ2) is 10.4. The zero-order valence-corrected chi connectivity index (χ0v) is 18.9. The quantitative estimate of drug-likeness (QED) is 0.552. The second-order valence-electron chi connectivity index (χ2n) is 7.69. The number of nitrogens with one attached hydrogen (secondary N) is 2. The Kier molecular flexibility index (Phi) is 7.12. The highest BCUT2D eigenvalue weighted by Gasteiger charge is 2.24. The van der Waals surface area contributed by atoms with Gasteiger partial charge in [-0.3, -0.25) is 14.9 Å². The minimum absolute atomic E-state index is 0.0567. The number of carbonyl (C=O) groups is 2. The van der Waals surface area contributed by atoms with Crippen LogP contribution in [0.4, 0.5) is 20.2 Å². The summed E-state index contributed by atoms with van der Waals surface area (Å²) in [5.41, 5.74) is 1.62. The molecule has 0 bridgehead atoms.